The first-order chi connectivity index (χ1) is 40.0. The maximum atomic E-state index is 8.99. The summed E-state index contributed by atoms with van der Waals surface area (Å²) in [6.07, 6.45) is 46.9. The number of allylic oxidation sites excluding steroid dienone is 2. The van der Waals surface area contributed by atoms with Crippen LogP contribution in [0.5, 0.6) is 0 Å². The molecule has 0 spiro atoms. The number of aliphatic hydroxyl groups excluding tert-OH is 3. The van der Waals surface area contributed by atoms with Crippen LogP contribution < -0.4 is 0 Å². The molecule has 14 nitrogen and oxygen atoms in total. The lowest BCUT2D eigenvalue weighted by atomic mass is 9.52. The number of terminal acetylenes is 1. The lowest BCUT2D eigenvalue weighted by molar-refractivity contribution is -0.171. The number of likely N-dealkylation sites (tertiary alicyclic amines) is 6. The summed E-state index contributed by atoms with van der Waals surface area (Å²) < 4.78 is 9.88. The van der Waals surface area contributed by atoms with Gasteiger partial charge in [0, 0.05) is 72.6 Å². The van der Waals surface area contributed by atoms with Gasteiger partial charge in [-0.25, -0.2) is 0 Å². The Morgan fingerprint density at radius 2 is 1.17 bits per heavy atom. The Morgan fingerprint density at radius 3 is 1.54 bits per heavy atom. The Kier molecular flexibility index (Phi) is 40.8. The van der Waals surface area contributed by atoms with Crippen molar-refractivity contribution in [1.82, 2.24) is 44.1 Å². The average Bonchev–Trinajstić information content (AvgIpc) is 2.38. The fourth-order valence-corrected chi connectivity index (χ4v) is 15.0. The molecular weight excluding hydrogens is 1030 g/mol. The molecule has 492 valence electrons. The molecule has 6 aliphatic heterocycles. The van der Waals surface area contributed by atoms with Crippen molar-refractivity contribution in [2.24, 2.45) is 29.6 Å². The third-order valence-electron chi connectivity index (χ3n) is 19.8. The van der Waals surface area contributed by atoms with Crippen LogP contribution in [0.1, 0.15) is 197 Å². The summed E-state index contributed by atoms with van der Waals surface area (Å²) in [5, 5.41) is 26.5. The fraction of sp³-hybridized carbons (Fsp3) is 0.942. The van der Waals surface area contributed by atoms with Crippen molar-refractivity contribution in [3.8, 4) is 12.5 Å². The van der Waals surface area contributed by atoms with E-state index in [1.165, 1.54) is 207 Å². The molecular formula is C69H141N9O5. The van der Waals surface area contributed by atoms with E-state index in [0.29, 0.717) is 37.3 Å². The second-order valence-corrected chi connectivity index (χ2v) is 27.7. The van der Waals surface area contributed by atoms with Gasteiger partial charge < -0.3 is 64.0 Å². The SMILES string of the molecule is C#COC(OCC)N(C)C.C1=C(N2CCCC2)CCCC1.CCN1CCC(O)C1.CCN1CCCCC1.CN(C)C12CC3CC(CC(C3)C1)C2.CN(C)CC1CCCCC1.CN1CCCC(CO)C1.CN1CCCC1.CN1CCCC1CO.[HH].[HH]. The van der Waals surface area contributed by atoms with Crippen LogP contribution >= 0.6 is 0 Å². The zero-order valence-corrected chi connectivity index (χ0v) is 56.6. The molecule has 83 heavy (non-hydrogen) atoms. The second kappa shape index (κ2) is 44.8. The summed E-state index contributed by atoms with van der Waals surface area (Å²) >= 11 is 0. The van der Waals surface area contributed by atoms with Crippen LogP contribution in [0, 0.1) is 42.1 Å². The third-order valence-corrected chi connectivity index (χ3v) is 19.8. The molecule has 6 saturated heterocycles. The van der Waals surface area contributed by atoms with E-state index in [4.69, 9.17) is 31.2 Å². The monoisotopic (exact) mass is 1180 g/mol. The molecule has 5 saturated carbocycles. The topological polar surface area (TPSA) is 108 Å². The fourth-order valence-electron chi connectivity index (χ4n) is 15.0. The van der Waals surface area contributed by atoms with E-state index in [1.807, 2.05) is 21.0 Å². The highest BCUT2D eigenvalue weighted by molar-refractivity contribution is 5.07. The van der Waals surface area contributed by atoms with Gasteiger partial charge in [0.25, 0.3) is 6.41 Å². The van der Waals surface area contributed by atoms with Crippen LogP contribution in [0.3, 0.4) is 0 Å². The number of β-amino-alcohol motifs (C(OH)–C–C–N with tert-alkyl or cyclic N) is 1. The molecule has 0 aromatic heterocycles. The maximum Gasteiger partial charge on any atom is 0.272 e. The van der Waals surface area contributed by atoms with Gasteiger partial charge in [-0.3, -0.25) is 4.90 Å². The molecule has 4 unspecified atom stereocenters. The minimum absolute atomic E-state index is 0. The molecule has 4 atom stereocenters. The molecule has 14 heteroatoms. The van der Waals surface area contributed by atoms with Gasteiger partial charge in [-0.15, -0.1) is 0 Å². The number of likely N-dealkylation sites (N-methyl/N-ethyl adjacent to an activating group) is 2. The molecule has 12 rings (SSSR count). The van der Waals surface area contributed by atoms with Crippen LogP contribution in [-0.2, 0) is 9.47 Å². The Labute approximate surface area is 516 Å². The van der Waals surface area contributed by atoms with Gasteiger partial charge in [0.05, 0.1) is 12.7 Å². The molecule has 0 aromatic carbocycles. The third kappa shape index (κ3) is 31.9. The molecule has 0 aromatic rings. The maximum absolute atomic E-state index is 8.99. The number of hydrogen-bond donors (Lipinski definition) is 3. The van der Waals surface area contributed by atoms with Crippen molar-refractivity contribution in [3.05, 3.63) is 11.8 Å². The van der Waals surface area contributed by atoms with Gasteiger partial charge in [0.2, 0.25) is 0 Å². The molecule has 0 radical (unpaired) electrons. The van der Waals surface area contributed by atoms with Crippen molar-refractivity contribution in [2.75, 3.05) is 175 Å². The highest BCUT2D eigenvalue weighted by Crippen LogP contribution is 2.57. The lowest BCUT2D eigenvalue weighted by Crippen LogP contribution is -2.57. The molecule has 3 N–H and O–H groups in total. The quantitative estimate of drug-likeness (QED) is 0.127. The number of piperidine rings is 2. The van der Waals surface area contributed by atoms with Crippen molar-refractivity contribution in [3.63, 3.8) is 0 Å². The highest BCUT2D eigenvalue weighted by Gasteiger charge is 2.51. The first kappa shape index (κ1) is 75.7. The normalized spacial score (nSPS) is 29.4. The smallest absolute Gasteiger partial charge is 0.272 e. The van der Waals surface area contributed by atoms with Gasteiger partial charge in [-0.1, -0.05) is 52.0 Å². The van der Waals surface area contributed by atoms with E-state index in [-0.39, 0.29) is 8.96 Å². The van der Waals surface area contributed by atoms with Gasteiger partial charge in [0.15, 0.2) is 0 Å². The summed E-state index contributed by atoms with van der Waals surface area (Å²) in [4.78, 5) is 20.8. The van der Waals surface area contributed by atoms with Gasteiger partial charge in [0.1, 0.15) is 6.11 Å². The largest absolute Gasteiger partial charge is 0.401 e. The minimum atomic E-state index is -0.421. The van der Waals surface area contributed by atoms with E-state index >= 15 is 0 Å². The number of rotatable bonds is 12. The van der Waals surface area contributed by atoms with Gasteiger partial charge >= 0.3 is 0 Å². The summed E-state index contributed by atoms with van der Waals surface area (Å²) in [7, 11) is 19.0. The predicted octanol–water partition coefficient (Wildman–Crippen LogP) is 10.8. The molecule has 12 aliphatic rings. The van der Waals surface area contributed by atoms with Crippen LogP contribution in [0.4, 0.5) is 0 Å². The molecule has 6 aliphatic carbocycles. The molecule has 4 bridgehead atoms. The van der Waals surface area contributed by atoms with Crippen LogP contribution in [0.15, 0.2) is 11.8 Å². The van der Waals surface area contributed by atoms with Crippen molar-refractivity contribution >= 4 is 0 Å². The number of aliphatic hydroxyl groups is 3. The zero-order chi connectivity index (χ0) is 60.8. The van der Waals surface area contributed by atoms with Gasteiger partial charge in [-0.2, -0.15) is 0 Å². The summed E-state index contributed by atoms with van der Waals surface area (Å²) in [5.74, 6) is 4.82. The van der Waals surface area contributed by atoms with Crippen LogP contribution in [0.2, 0.25) is 0 Å². The van der Waals surface area contributed by atoms with Crippen LogP contribution in [-0.4, -0.2) is 258 Å². The van der Waals surface area contributed by atoms with Crippen molar-refractivity contribution in [1.29, 1.82) is 0 Å². The van der Waals surface area contributed by atoms with E-state index in [9.17, 15) is 0 Å². The highest BCUT2D eigenvalue weighted by atomic mass is 16.7. The minimum Gasteiger partial charge on any atom is -0.401 e. The summed E-state index contributed by atoms with van der Waals surface area (Å²) in [6, 6.07) is 0.454. The van der Waals surface area contributed by atoms with Gasteiger partial charge in [-0.05, 0) is 300 Å². The molecule has 11 fully saturated rings. The zero-order valence-electron chi connectivity index (χ0n) is 56.6. The Balaban J connectivity index is 0.000000480. The Morgan fingerprint density at radius 1 is 0.614 bits per heavy atom. The number of ether oxygens (including phenoxy) is 2. The first-order valence-electron chi connectivity index (χ1n) is 34.5. The first-order valence-corrected chi connectivity index (χ1v) is 34.5. The van der Waals surface area contributed by atoms with E-state index in [0.717, 1.165) is 62.8 Å². The Bertz CT molecular complexity index is 1600. The van der Waals surface area contributed by atoms with E-state index in [1.54, 1.807) is 29.9 Å². The predicted molar refractivity (Wildman–Crippen MR) is 356 cm³/mol. The average molecular weight is 1180 g/mol. The molecule has 0 amide bonds. The number of hydrogen-bond acceptors (Lipinski definition) is 14. The summed E-state index contributed by atoms with van der Waals surface area (Å²) in [6.45, 7) is 24.6. The standard InChI is InChI=1S/C12H21N.C10H17N.C9H19N.C7H13NO2.C7H15NO.C7H15N.2C6H13NO.C5H11N.2H2/c1-13(2)12-6-9-3-10(7-12)5-11(4-9)8-12;1-2-6-10(7-3-1)11-8-4-5-9-11;1-10(2)8-9-6-4-3-5-7-9;1-5-9-7(8(3)4)10-6-2;1-8-4-2-3-7(5-8)6-9;1-2-8-6-4-3-5-7-8;1-7-4-2-3-6(7)5-8;1-2-7-4-3-6(8)5-7;1-6-4-2-3-5-6;;/h9-11H,3-8H2,1-2H3;6H,1-5,7-9H2;9H,3-8H2,1-2H3;1,7H,6H2,2-4H3;7,9H,2-6H2,1H3;2-7H2,1H3;2*6,8H,2-5H2,1H3;2-5H2,1H3;2*1H. The number of nitrogens with zero attached hydrogens (tertiary/aromatic N) is 9. The van der Waals surface area contributed by atoms with E-state index < -0.39 is 6.41 Å². The van der Waals surface area contributed by atoms with Crippen molar-refractivity contribution in [2.45, 2.75) is 218 Å². The molecule has 6 heterocycles. The Hall–Kier alpha value is -1.58. The van der Waals surface area contributed by atoms with Crippen LogP contribution in [0.25, 0.3) is 0 Å². The second-order valence-electron chi connectivity index (χ2n) is 27.7. The van der Waals surface area contributed by atoms with Crippen molar-refractivity contribution < 1.29 is 27.6 Å². The lowest BCUT2D eigenvalue weighted by Gasteiger charge is -2.59. The van der Waals surface area contributed by atoms with E-state index in [2.05, 4.69) is 115 Å². The summed E-state index contributed by atoms with van der Waals surface area (Å²) in [5.41, 5.74) is 2.28.